The van der Waals surface area contributed by atoms with Gasteiger partial charge in [0.05, 0.1) is 13.7 Å². The average molecular weight is 464 g/mol. The Labute approximate surface area is 194 Å². The molecule has 0 saturated carbocycles. The van der Waals surface area contributed by atoms with Gasteiger partial charge in [0.2, 0.25) is 0 Å². The van der Waals surface area contributed by atoms with Crippen LogP contribution in [0.3, 0.4) is 0 Å². The van der Waals surface area contributed by atoms with Crippen LogP contribution in [0, 0.1) is 0 Å². The van der Waals surface area contributed by atoms with Crippen LogP contribution in [0.15, 0.2) is 72.8 Å². The van der Waals surface area contributed by atoms with E-state index in [1.54, 1.807) is 37.3 Å². The predicted octanol–water partition coefficient (Wildman–Crippen LogP) is 4.45. The molecule has 0 spiro atoms. The smallest absolute Gasteiger partial charge is 0.465 e. The molecule has 3 aromatic rings. The summed E-state index contributed by atoms with van der Waals surface area (Å²) in [6.45, 7) is 1.81. The Morgan fingerprint density at radius 2 is 1.00 bits per heavy atom. The van der Waals surface area contributed by atoms with Crippen LogP contribution in [-0.4, -0.2) is 37.8 Å². The van der Waals surface area contributed by atoms with Crippen molar-refractivity contribution in [3.8, 4) is 17.2 Å². The van der Waals surface area contributed by atoms with Crippen molar-refractivity contribution in [3.05, 3.63) is 89.5 Å². The molecule has 0 radical (unpaired) electrons. The van der Waals surface area contributed by atoms with Crippen LogP contribution >= 0.6 is 0 Å². The third kappa shape index (κ3) is 5.77. The third-order valence-electron chi connectivity index (χ3n) is 4.37. The number of hydrogen-bond acceptors (Lipinski definition) is 9. The lowest BCUT2D eigenvalue weighted by atomic mass is 10.2. The van der Waals surface area contributed by atoms with E-state index in [1.807, 2.05) is 0 Å². The van der Waals surface area contributed by atoms with Crippen LogP contribution in [0.4, 0.5) is 4.79 Å². The third-order valence-corrected chi connectivity index (χ3v) is 4.37. The van der Waals surface area contributed by atoms with Crippen molar-refractivity contribution in [3.63, 3.8) is 0 Å². The summed E-state index contributed by atoms with van der Waals surface area (Å²) in [6, 6.07) is 17.8. The molecule has 0 fully saturated rings. The Morgan fingerprint density at radius 3 is 1.47 bits per heavy atom. The molecule has 0 N–H and O–H groups in total. The number of carbonyl (C=O) groups excluding carboxylic acids is 4. The van der Waals surface area contributed by atoms with Crippen LogP contribution in [-0.2, 0) is 9.47 Å². The number of para-hydroxylation sites is 3. The fraction of sp³-hybridized carbons (Fsp3) is 0.120. The Bertz CT molecular complexity index is 1220. The highest BCUT2D eigenvalue weighted by Crippen LogP contribution is 2.25. The van der Waals surface area contributed by atoms with Crippen LogP contribution in [0.5, 0.6) is 17.2 Å². The van der Waals surface area contributed by atoms with Gasteiger partial charge in [-0.05, 0) is 43.3 Å². The van der Waals surface area contributed by atoms with E-state index >= 15 is 0 Å². The highest BCUT2D eigenvalue weighted by atomic mass is 16.7. The SMILES string of the molecule is CCOC(=O)c1ccccc1OC(=O)c1ccccc1OC(=O)Oc1ccccc1C(=O)OC. The van der Waals surface area contributed by atoms with Crippen molar-refractivity contribution in [2.75, 3.05) is 13.7 Å². The van der Waals surface area contributed by atoms with Gasteiger partial charge in [0.1, 0.15) is 33.9 Å². The maximum atomic E-state index is 12.8. The molecule has 9 heteroatoms. The summed E-state index contributed by atoms with van der Waals surface area (Å²) < 4.78 is 25.3. The number of methoxy groups -OCH3 is 1. The molecule has 0 aliphatic rings. The zero-order valence-electron chi connectivity index (χ0n) is 18.3. The van der Waals surface area contributed by atoms with Gasteiger partial charge in [-0.1, -0.05) is 36.4 Å². The highest BCUT2D eigenvalue weighted by Gasteiger charge is 2.22. The molecule has 3 aromatic carbocycles. The molecule has 9 nitrogen and oxygen atoms in total. The minimum Gasteiger partial charge on any atom is -0.465 e. The van der Waals surface area contributed by atoms with Gasteiger partial charge in [0.25, 0.3) is 0 Å². The summed E-state index contributed by atoms with van der Waals surface area (Å²) in [4.78, 5) is 49.2. The molecule has 0 unspecified atom stereocenters. The van der Waals surface area contributed by atoms with Gasteiger partial charge in [-0.2, -0.15) is 0 Å². The van der Waals surface area contributed by atoms with E-state index in [9.17, 15) is 19.2 Å². The first-order valence-corrected chi connectivity index (χ1v) is 10.1. The van der Waals surface area contributed by atoms with Gasteiger partial charge in [-0.15, -0.1) is 0 Å². The minimum atomic E-state index is -1.19. The second-order valence-corrected chi connectivity index (χ2v) is 6.54. The van der Waals surface area contributed by atoms with Crippen molar-refractivity contribution >= 4 is 24.1 Å². The van der Waals surface area contributed by atoms with Crippen molar-refractivity contribution in [1.29, 1.82) is 0 Å². The molecule has 3 rings (SSSR count). The number of hydrogen-bond donors (Lipinski definition) is 0. The summed E-state index contributed by atoms with van der Waals surface area (Å²) >= 11 is 0. The maximum Gasteiger partial charge on any atom is 0.519 e. The molecule has 0 heterocycles. The molecular formula is C25H20O9. The summed E-state index contributed by atoms with van der Waals surface area (Å²) in [5.74, 6) is -2.48. The van der Waals surface area contributed by atoms with E-state index in [4.69, 9.17) is 18.9 Å². The average Bonchev–Trinajstić information content (AvgIpc) is 2.84. The van der Waals surface area contributed by atoms with E-state index in [0.29, 0.717) is 0 Å². The Kier molecular flexibility index (Phi) is 7.96. The number of ether oxygens (including phenoxy) is 5. The fourth-order valence-electron chi connectivity index (χ4n) is 2.85. The van der Waals surface area contributed by atoms with E-state index in [1.165, 1.54) is 49.6 Å². The predicted molar refractivity (Wildman–Crippen MR) is 118 cm³/mol. The first kappa shape index (κ1) is 24.0. The lowest BCUT2D eigenvalue weighted by Gasteiger charge is -2.12. The molecule has 34 heavy (non-hydrogen) atoms. The van der Waals surface area contributed by atoms with Gasteiger partial charge in [0, 0.05) is 0 Å². The van der Waals surface area contributed by atoms with Crippen LogP contribution in [0.2, 0.25) is 0 Å². The molecule has 0 aromatic heterocycles. The fourth-order valence-corrected chi connectivity index (χ4v) is 2.85. The standard InChI is InChI=1S/C25H20O9/c1-3-31-23(27)17-11-5-7-13-19(17)32-24(28)18-12-6-9-15-21(18)34-25(29)33-20-14-8-4-10-16(20)22(26)30-2/h4-15H,3H2,1-2H3. The van der Waals surface area contributed by atoms with E-state index < -0.39 is 24.1 Å². The summed E-state index contributed by atoms with van der Waals surface area (Å²) in [7, 11) is 1.19. The minimum absolute atomic E-state index is 0.0182. The normalized spacial score (nSPS) is 10.1. The zero-order chi connectivity index (χ0) is 24.5. The van der Waals surface area contributed by atoms with Gasteiger partial charge >= 0.3 is 24.1 Å². The number of carbonyl (C=O) groups is 4. The Hall–Kier alpha value is -4.66. The second kappa shape index (κ2) is 11.3. The number of esters is 3. The van der Waals surface area contributed by atoms with Gasteiger partial charge in [-0.25, -0.2) is 19.2 Å². The molecular weight excluding hydrogens is 444 g/mol. The lowest BCUT2D eigenvalue weighted by Crippen LogP contribution is -2.19. The van der Waals surface area contributed by atoms with Crippen molar-refractivity contribution in [2.24, 2.45) is 0 Å². The molecule has 0 saturated heterocycles. The maximum absolute atomic E-state index is 12.8. The summed E-state index contributed by atoms with van der Waals surface area (Å²) in [6.07, 6.45) is -1.19. The first-order valence-electron chi connectivity index (χ1n) is 10.1. The Balaban J connectivity index is 1.79. The largest absolute Gasteiger partial charge is 0.519 e. The van der Waals surface area contributed by atoms with Crippen molar-refractivity contribution < 1.29 is 42.9 Å². The molecule has 0 atom stereocenters. The van der Waals surface area contributed by atoms with Crippen LogP contribution < -0.4 is 14.2 Å². The zero-order valence-corrected chi connectivity index (χ0v) is 18.3. The van der Waals surface area contributed by atoms with E-state index in [0.717, 1.165) is 0 Å². The topological polar surface area (TPSA) is 114 Å². The molecule has 0 aliphatic carbocycles. The first-order chi connectivity index (χ1) is 16.4. The van der Waals surface area contributed by atoms with Crippen molar-refractivity contribution in [1.82, 2.24) is 0 Å². The quantitative estimate of drug-likeness (QED) is 0.284. The van der Waals surface area contributed by atoms with Crippen molar-refractivity contribution in [2.45, 2.75) is 6.92 Å². The van der Waals surface area contributed by atoms with Crippen LogP contribution in [0.25, 0.3) is 0 Å². The second-order valence-electron chi connectivity index (χ2n) is 6.54. The van der Waals surface area contributed by atoms with Gasteiger partial charge < -0.3 is 23.7 Å². The summed E-state index contributed by atoms with van der Waals surface area (Å²) in [5, 5.41) is 0. The van der Waals surface area contributed by atoms with E-state index in [2.05, 4.69) is 4.74 Å². The van der Waals surface area contributed by atoms with Crippen LogP contribution in [0.1, 0.15) is 38.0 Å². The molecule has 0 amide bonds. The number of benzene rings is 3. The highest BCUT2D eigenvalue weighted by molar-refractivity contribution is 5.98. The summed E-state index contributed by atoms with van der Waals surface area (Å²) in [5.41, 5.74) is -0.0143. The lowest BCUT2D eigenvalue weighted by molar-refractivity contribution is 0.0519. The monoisotopic (exact) mass is 464 g/mol. The van der Waals surface area contributed by atoms with Gasteiger partial charge in [0.15, 0.2) is 0 Å². The molecule has 0 aliphatic heterocycles. The van der Waals surface area contributed by atoms with E-state index in [-0.39, 0.29) is 40.5 Å². The number of rotatable bonds is 7. The van der Waals surface area contributed by atoms with Gasteiger partial charge in [-0.3, -0.25) is 0 Å². The Morgan fingerprint density at radius 1 is 0.588 bits per heavy atom. The molecule has 174 valence electrons. The molecule has 0 bridgehead atoms.